The SMILES string of the molecule is CC.CC.CC.CC.CC.CC.CC.CC.CC.CC.Cc1ccccc1.Cc1ccccc1.Cc1ccccc1.Cc1ccccc1.Cc1ccccc1. The van der Waals surface area contributed by atoms with Gasteiger partial charge in [-0.2, -0.15) is 0 Å². The molecule has 0 saturated heterocycles. The van der Waals surface area contributed by atoms with Gasteiger partial charge in [-0.25, -0.2) is 0 Å². The van der Waals surface area contributed by atoms with Gasteiger partial charge in [0, 0.05) is 0 Å². The minimum Gasteiger partial charge on any atom is -0.0683 e. The monoisotopic (exact) mass is 761 g/mol. The summed E-state index contributed by atoms with van der Waals surface area (Å²) in [7, 11) is 0. The summed E-state index contributed by atoms with van der Waals surface area (Å²) in [5.74, 6) is 0. The van der Waals surface area contributed by atoms with E-state index in [9.17, 15) is 0 Å². The van der Waals surface area contributed by atoms with Crippen molar-refractivity contribution in [1.29, 1.82) is 0 Å². The molecular formula is C55H100. The predicted molar refractivity (Wildman–Crippen MR) is 269 cm³/mol. The van der Waals surface area contributed by atoms with E-state index in [0.717, 1.165) is 0 Å². The van der Waals surface area contributed by atoms with E-state index < -0.39 is 0 Å². The summed E-state index contributed by atoms with van der Waals surface area (Å²) in [5.41, 5.74) is 6.61. The molecule has 0 heterocycles. The van der Waals surface area contributed by atoms with Crippen molar-refractivity contribution < 1.29 is 0 Å². The molecule has 320 valence electrons. The Kier molecular flexibility index (Phi) is 128. The van der Waals surface area contributed by atoms with Crippen molar-refractivity contribution in [2.45, 2.75) is 173 Å². The van der Waals surface area contributed by atoms with Crippen LogP contribution in [0.2, 0.25) is 0 Å². The molecule has 0 unspecified atom stereocenters. The van der Waals surface area contributed by atoms with Gasteiger partial charge in [-0.15, -0.1) is 0 Å². The number of benzene rings is 5. The first kappa shape index (κ1) is 75.9. The molecule has 0 bridgehead atoms. The van der Waals surface area contributed by atoms with E-state index >= 15 is 0 Å². The summed E-state index contributed by atoms with van der Waals surface area (Å²) < 4.78 is 0. The molecule has 5 aromatic rings. The van der Waals surface area contributed by atoms with Crippen LogP contribution in [0.3, 0.4) is 0 Å². The number of hydrogen-bond donors (Lipinski definition) is 0. The average Bonchev–Trinajstić information content (AvgIpc) is 3.30. The summed E-state index contributed by atoms with van der Waals surface area (Å²) in [5, 5.41) is 0. The third-order valence-corrected chi connectivity index (χ3v) is 4.70. The Balaban J connectivity index is -0.0000000516. The Morgan fingerprint density at radius 3 is 0.255 bits per heavy atom. The lowest BCUT2D eigenvalue weighted by atomic mass is 10.2. The van der Waals surface area contributed by atoms with Crippen molar-refractivity contribution in [2.75, 3.05) is 0 Å². The molecule has 5 rings (SSSR count). The number of rotatable bonds is 0. The summed E-state index contributed by atoms with van der Waals surface area (Å²) >= 11 is 0. The van der Waals surface area contributed by atoms with Crippen molar-refractivity contribution in [2.24, 2.45) is 0 Å². The topological polar surface area (TPSA) is 0 Å². The van der Waals surface area contributed by atoms with Gasteiger partial charge in [-0.05, 0) is 34.6 Å². The van der Waals surface area contributed by atoms with Crippen LogP contribution >= 0.6 is 0 Å². The second-order valence-electron chi connectivity index (χ2n) is 8.27. The highest BCUT2D eigenvalue weighted by Gasteiger charge is 1.74. The molecule has 0 spiro atoms. The summed E-state index contributed by atoms with van der Waals surface area (Å²) in [4.78, 5) is 0. The maximum absolute atomic E-state index is 2.08. The highest BCUT2D eigenvalue weighted by molar-refractivity contribution is 5.14. The molecule has 0 fully saturated rings. The van der Waals surface area contributed by atoms with Gasteiger partial charge in [0.1, 0.15) is 0 Å². The zero-order valence-corrected chi connectivity index (χ0v) is 41.9. The van der Waals surface area contributed by atoms with E-state index in [-0.39, 0.29) is 0 Å². The predicted octanol–water partition coefficient (Wildman–Crippen LogP) is 20.2. The molecule has 0 aliphatic rings. The molecule has 0 saturated carbocycles. The standard InChI is InChI=1S/5C7H8.10C2H6/c5*1-7-5-3-2-4-6-7;10*1-2/h5*2-6H,1H3;10*1-2H3. The third kappa shape index (κ3) is 88.9. The minimum absolute atomic E-state index is 1.32. The lowest BCUT2D eigenvalue weighted by Crippen LogP contribution is -1.62. The van der Waals surface area contributed by atoms with Crippen LogP contribution < -0.4 is 0 Å². The molecule has 0 nitrogen and oxygen atoms in total. The van der Waals surface area contributed by atoms with Crippen molar-refractivity contribution in [3.8, 4) is 0 Å². The van der Waals surface area contributed by atoms with Crippen LogP contribution in [-0.4, -0.2) is 0 Å². The largest absolute Gasteiger partial charge is 0.0683 e. The molecule has 0 aliphatic heterocycles. The second-order valence-corrected chi connectivity index (χ2v) is 8.27. The van der Waals surface area contributed by atoms with Gasteiger partial charge in [0.2, 0.25) is 0 Å². The average molecular weight is 761 g/mol. The molecule has 0 radical (unpaired) electrons. The first-order valence-corrected chi connectivity index (χ1v) is 22.1. The first-order valence-electron chi connectivity index (χ1n) is 22.1. The Morgan fingerprint density at radius 1 is 0.145 bits per heavy atom. The molecule has 0 atom stereocenters. The quantitative estimate of drug-likeness (QED) is 0.147. The van der Waals surface area contributed by atoms with Crippen molar-refractivity contribution in [1.82, 2.24) is 0 Å². The fourth-order valence-electron chi connectivity index (χ4n) is 2.67. The van der Waals surface area contributed by atoms with Crippen LogP contribution in [0.4, 0.5) is 0 Å². The van der Waals surface area contributed by atoms with Crippen LogP contribution in [0.15, 0.2) is 152 Å². The second kappa shape index (κ2) is 92.7. The van der Waals surface area contributed by atoms with Gasteiger partial charge in [0.15, 0.2) is 0 Å². The van der Waals surface area contributed by atoms with E-state index in [0.29, 0.717) is 0 Å². The molecule has 55 heavy (non-hydrogen) atoms. The Hall–Kier alpha value is -3.90. The molecular weight excluding hydrogens is 661 g/mol. The third-order valence-electron chi connectivity index (χ3n) is 4.70. The normalized spacial score (nSPS) is 6.64. The van der Waals surface area contributed by atoms with Crippen LogP contribution in [0.1, 0.15) is 166 Å². The van der Waals surface area contributed by atoms with Crippen LogP contribution in [0.5, 0.6) is 0 Å². The van der Waals surface area contributed by atoms with E-state index in [1.165, 1.54) is 27.8 Å². The van der Waals surface area contributed by atoms with Gasteiger partial charge in [-0.1, -0.05) is 318 Å². The Bertz CT molecular complexity index is 868. The van der Waals surface area contributed by atoms with Gasteiger partial charge in [0.05, 0.1) is 0 Å². The van der Waals surface area contributed by atoms with Crippen molar-refractivity contribution >= 4 is 0 Å². The molecule has 0 amide bonds. The number of hydrogen-bond acceptors (Lipinski definition) is 0. The van der Waals surface area contributed by atoms with E-state index in [2.05, 4.69) is 95.3 Å². The maximum atomic E-state index is 2.08. The Labute approximate surface area is 351 Å². The van der Waals surface area contributed by atoms with Crippen molar-refractivity contribution in [3.05, 3.63) is 179 Å². The summed E-state index contributed by atoms with van der Waals surface area (Å²) in [6.07, 6.45) is 0. The fourth-order valence-corrected chi connectivity index (χ4v) is 2.67. The highest BCUT2D eigenvalue weighted by atomic mass is 13.8. The summed E-state index contributed by atoms with van der Waals surface area (Å²) in [6, 6.07) is 51.3. The first-order chi connectivity index (χ1) is 27.0. The zero-order valence-electron chi connectivity index (χ0n) is 41.9. The molecule has 0 aromatic heterocycles. The molecule has 0 aliphatic carbocycles. The van der Waals surface area contributed by atoms with E-state index in [1.807, 2.05) is 229 Å². The fraction of sp³-hybridized carbons (Fsp3) is 0.455. The lowest BCUT2D eigenvalue weighted by Gasteiger charge is -1.82. The van der Waals surface area contributed by atoms with Crippen LogP contribution in [0.25, 0.3) is 0 Å². The van der Waals surface area contributed by atoms with E-state index in [4.69, 9.17) is 0 Å². The Morgan fingerprint density at radius 2 is 0.218 bits per heavy atom. The van der Waals surface area contributed by atoms with Gasteiger partial charge < -0.3 is 0 Å². The highest BCUT2D eigenvalue weighted by Crippen LogP contribution is 1.94. The lowest BCUT2D eigenvalue weighted by molar-refractivity contribution is 1.48. The van der Waals surface area contributed by atoms with Gasteiger partial charge in [-0.3, -0.25) is 0 Å². The van der Waals surface area contributed by atoms with Crippen LogP contribution in [0, 0.1) is 34.6 Å². The van der Waals surface area contributed by atoms with Crippen molar-refractivity contribution in [3.63, 3.8) is 0 Å². The zero-order chi connectivity index (χ0) is 45.6. The van der Waals surface area contributed by atoms with E-state index in [1.54, 1.807) is 0 Å². The maximum Gasteiger partial charge on any atom is -0.0398 e. The van der Waals surface area contributed by atoms with Gasteiger partial charge in [0.25, 0.3) is 0 Å². The number of aryl methyl sites for hydroxylation is 5. The van der Waals surface area contributed by atoms with Crippen LogP contribution in [-0.2, 0) is 0 Å². The van der Waals surface area contributed by atoms with Gasteiger partial charge >= 0.3 is 0 Å². The smallest absolute Gasteiger partial charge is 0.0398 e. The molecule has 5 aromatic carbocycles. The molecule has 0 N–H and O–H groups in total. The summed E-state index contributed by atoms with van der Waals surface area (Å²) in [6.45, 7) is 50.4. The minimum atomic E-state index is 1.32. The molecule has 0 heteroatoms.